The molecule has 1 unspecified atom stereocenters. The van der Waals surface area contributed by atoms with E-state index in [4.69, 9.17) is 9.47 Å². The highest BCUT2D eigenvalue weighted by molar-refractivity contribution is 7.98. The van der Waals surface area contributed by atoms with Crippen molar-refractivity contribution in [1.82, 2.24) is 4.31 Å². The first-order valence-electron chi connectivity index (χ1n) is 11.5. The highest BCUT2D eigenvalue weighted by Gasteiger charge is 2.23. The topological polar surface area (TPSA) is 38.8 Å². The van der Waals surface area contributed by atoms with E-state index in [9.17, 15) is 4.79 Å². The van der Waals surface area contributed by atoms with Gasteiger partial charge in [-0.3, -0.25) is 4.79 Å². The summed E-state index contributed by atoms with van der Waals surface area (Å²) < 4.78 is 13.5. The van der Waals surface area contributed by atoms with Crippen molar-refractivity contribution in [2.24, 2.45) is 0 Å². The van der Waals surface area contributed by atoms with Gasteiger partial charge in [-0.2, -0.15) is 0 Å². The third-order valence-corrected chi connectivity index (χ3v) is 7.92. The fraction of sp³-hybridized carbons (Fsp3) is 0.321. The van der Waals surface area contributed by atoms with E-state index in [-0.39, 0.29) is 18.0 Å². The van der Waals surface area contributed by atoms with Crippen LogP contribution in [0.4, 0.5) is 0 Å². The fourth-order valence-electron chi connectivity index (χ4n) is 4.22. The molecule has 1 aliphatic heterocycles. The van der Waals surface area contributed by atoms with E-state index >= 15 is 0 Å². The van der Waals surface area contributed by atoms with Crippen LogP contribution in [0.25, 0.3) is 0 Å². The normalized spacial score (nSPS) is 16.8. The van der Waals surface area contributed by atoms with Crippen molar-refractivity contribution in [2.45, 2.75) is 48.6 Å². The molecule has 4 nitrogen and oxygen atoms in total. The average molecular weight is 494 g/mol. The van der Waals surface area contributed by atoms with Crippen LogP contribution < -0.4 is 4.74 Å². The summed E-state index contributed by atoms with van der Waals surface area (Å²) in [6, 6.07) is 23.3. The van der Waals surface area contributed by atoms with Gasteiger partial charge in [0.2, 0.25) is 0 Å². The van der Waals surface area contributed by atoms with Gasteiger partial charge in [-0.1, -0.05) is 42.5 Å². The number of hydrogen-bond donors (Lipinski definition) is 0. The molecule has 178 valence electrons. The number of esters is 1. The number of nitrogens with zero attached hydrogens (tertiary/aromatic N) is 1. The number of thioether (sulfide) groups is 1. The lowest BCUT2D eigenvalue weighted by atomic mass is 9.87. The van der Waals surface area contributed by atoms with Crippen LogP contribution in [-0.4, -0.2) is 36.3 Å². The third-order valence-electron chi connectivity index (χ3n) is 6.10. The van der Waals surface area contributed by atoms with Crippen LogP contribution >= 0.6 is 23.7 Å². The van der Waals surface area contributed by atoms with Crippen LogP contribution in [-0.2, 0) is 16.1 Å². The monoisotopic (exact) mass is 493 g/mol. The van der Waals surface area contributed by atoms with Gasteiger partial charge in [0.15, 0.2) is 0 Å². The second kappa shape index (κ2) is 11.3. The first-order valence-corrected chi connectivity index (χ1v) is 13.5. The van der Waals surface area contributed by atoms with E-state index in [1.54, 1.807) is 23.7 Å². The van der Waals surface area contributed by atoms with E-state index in [0.29, 0.717) is 6.42 Å². The van der Waals surface area contributed by atoms with Crippen molar-refractivity contribution in [3.05, 3.63) is 89.0 Å². The largest absolute Gasteiger partial charge is 0.488 e. The Hall–Kier alpha value is -2.41. The Morgan fingerprint density at radius 2 is 1.88 bits per heavy atom. The molecule has 3 aromatic carbocycles. The number of aryl methyl sites for hydroxylation is 1. The average Bonchev–Trinajstić information content (AvgIpc) is 3.01. The molecule has 0 radical (unpaired) electrons. The van der Waals surface area contributed by atoms with Crippen LogP contribution in [0.3, 0.4) is 0 Å². The van der Waals surface area contributed by atoms with Gasteiger partial charge in [-0.25, -0.2) is 4.31 Å². The summed E-state index contributed by atoms with van der Waals surface area (Å²) in [5, 5.41) is 0. The Balaban J connectivity index is 1.63. The van der Waals surface area contributed by atoms with E-state index in [1.165, 1.54) is 23.1 Å². The van der Waals surface area contributed by atoms with Gasteiger partial charge < -0.3 is 9.47 Å². The molecule has 0 aromatic heterocycles. The van der Waals surface area contributed by atoms with Crippen LogP contribution in [0, 0.1) is 6.92 Å². The molecule has 0 aliphatic carbocycles. The zero-order valence-corrected chi connectivity index (χ0v) is 21.7. The maximum absolute atomic E-state index is 12.3. The van der Waals surface area contributed by atoms with E-state index in [0.717, 1.165) is 34.9 Å². The summed E-state index contributed by atoms with van der Waals surface area (Å²) in [6.45, 7) is 5.88. The highest BCUT2D eigenvalue weighted by Crippen LogP contribution is 2.37. The van der Waals surface area contributed by atoms with E-state index in [2.05, 4.69) is 79.0 Å². The number of carbonyl (C=O) groups is 1. The number of carbonyl (C=O) groups excluding carboxylic acids is 1. The van der Waals surface area contributed by atoms with Gasteiger partial charge in [0, 0.05) is 23.9 Å². The molecule has 0 saturated heterocycles. The molecule has 1 heterocycles. The number of methoxy groups -OCH3 is 1. The summed E-state index contributed by atoms with van der Waals surface area (Å²) in [5.74, 6) is 0.689. The third kappa shape index (κ3) is 5.98. The minimum atomic E-state index is -0.202. The number of para-hydroxylation sites is 1. The molecular weight excluding hydrogens is 462 g/mol. The van der Waals surface area contributed by atoms with Crippen molar-refractivity contribution >= 4 is 29.7 Å². The molecule has 4 rings (SSSR count). The van der Waals surface area contributed by atoms with Gasteiger partial charge in [-0.05, 0) is 78.6 Å². The standard InChI is InChI=1S/C28H31NO3S2/c1-19-9-10-22(25(16-28(30)31-3)21-11-13-24(33-4)14-12-21)15-23(19)18-29-17-20(2)32-26-7-5-6-8-27(26)34-29/h5-15,20,25H,16-18H2,1-4H3/t20-,25?/m1/s1. The molecule has 0 amide bonds. The lowest BCUT2D eigenvalue weighted by molar-refractivity contribution is -0.140. The smallest absolute Gasteiger partial charge is 0.306 e. The summed E-state index contributed by atoms with van der Waals surface area (Å²) in [6.07, 6.45) is 2.48. The SMILES string of the molecule is COC(=O)CC(c1ccc(SC)cc1)c1ccc(C)c(CN2C[C@@H](C)Oc3ccccc3S2)c1. The number of rotatable bonds is 7. The Labute approximate surface area is 211 Å². The number of ether oxygens (including phenoxy) is 2. The first-order chi connectivity index (χ1) is 16.5. The lowest BCUT2D eigenvalue weighted by Crippen LogP contribution is -2.27. The predicted octanol–water partition coefficient (Wildman–Crippen LogP) is 6.70. The van der Waals surface area contributed by atoms with Gasteiger partial charge in [0.25, 0.3) is 0 Å². The number of fused-ring (bicyclic) bond motifs is 1. The molecule has 0 bridgehead atoms. The maximum Gasteiger partial charge on any atom is 0.306 e. The molecule has 1 aliphatic rings. The van der Waals surface area contributed by atoms with Gasteiger partial charge in [-0.15, -0.1) is 11.8 Å². The second-order valence-electron chi connectivity index (χ2n) is 8.58. The van der Waals surface area contributed by atoms with Gasteiger partial charge in [0.1, 0.15) is 11.9 Å². The number of hydrogen-bond acceptors (Lipinski definition) is 6. The molecule has 6 heteroatoms. The molecule has 0 saturated carbocycles. The Bertz CT molecular complexity index is 1130. The fourth-order valence-corrected chi connectivity index (χ4v) is 5.74. The molecule has 34 heavy (non-hydrogen) atoms. The van der Waals surface area contributed by atoms with Crippen LogP contribution in [0.5, 0.6) is 5.75 Å². The minimum Gasteiger partial charge on any atom is -0.488 e. The predicted molar refractivity (Wildman–Crippen MR) is 141 cm³/mol. The van der Waals surface area contributed by atoms with Gasteiger partial charge >= 0.3 is 5.97 Å². The van der Waals surface area contributed by atoms with Crippen molar-refractivity contribution in [2.75, 3.05) is 19.9 Å². The Kier molecular flexibility index (Phi) is 8.24. The summed E-state index contributed by atoms with van der Waals surface area (Å²) in [7, 11) is 1.45. The summed E-state index contributed by atoms with van der Waals surface area (Å²) >= 11 is 3.46. The molecular formula is C28H31NO3S2. The maximum atomic E-state index is 12.3. The highest BCUT2D eigenvalue weighted by atomic mass is 32.2. The Morgan fingerprint density at radius 1 is 1.15 bits per heavy atom. The van der Waals surface area contributed by atoms with Crippen LogP contribution in [0.1, 0.15) is 41.5 Å². The van der Waals surface area contributed by atoms with E-state index < -0.39 is 0 Å². The van der Waals surface area contributed by atoms with Crippen LogP contribution in [0.15, 0.2) is 76.5 Å². The van der Waals surface area contributed by atoms with Crippen molar-refractivity contribution in [1.29, 1.82) is 0 Å². The van der Waals surface area contributed by atoms with Crippen molar-refractivity contribution in [3.8, 4) is 5.75 Å². The lowest BCUT2D eigenvalue weighted by Gasteiger charge is -2.23. The molecule has 2 atom stereocenters. The quantitative estimate of drug-likeness (QED) is 0.207. The van der Waals surface area contributed by atoms with Gasteiger partial charge in [0.05, 0.1) is 18.4 Å². The summed E-state index contributed by atoms with van der Waals surface area (Å²) in [5.41, 5.74) is 4.75. The van der Waals surface area contributed by atoms with Crippen molar-refractivity contribution < 1.29 is 14.3 Å². The minimum absolute atomic E-state index is 0.0533. The summed E-state index contributed by atoms with van der Waals surface area (Å²) in [4.78, 5) is 14.6. The first kappa shape index (κ1) is 24.7. The molecule has 0 fully saturated rings. The van der Waals surface area contributed by atoms with Crippen LogP contribution in [0.2, 0.25) is 0 Å². The Morgan fingerprint density at radius 3 is 2.62 bits per heavy atom. The number of benzene rings is 3. The zero-order valence-electron chi connectivity index (χ0n) is 20.1. The molecule has 3 aromatic rings. The second-order valence-corrected chi connectivity index (χ2v) is 10.6. The van der Waals surface area contributed by atoms with E-state index in [1.807, 2.05) is 12.1 Å². The zero-order chi connectivity index (χ0) is 24.1. The van der Waals surface area contributed by atoms with Crippen molar-refractivity contribution in [3.63, 3.8) is 0 Å². The molecule has 0 N–H and O–H groups in total. The molecule has 0 spiro atoms.